The van der Waals surface area contributed by atoms with Gasteiger partial charge in [-0.3, -0.25) is 0 Å². The van der Waals surface area contributed by atoms with Crippen LogP contribution in [0.25, 0.3) is 11.4 Å². The molecule has 1 aromatic heterocycles. The number of nitrogens with one attached hydrogen (secondary N) is 1. The predicted molar refractivity (Wildman–Crippen MR) is 99.9 cm³/mol. The zero-order chi connectivity index (χ0) is 19.0. The first-order valence-electron chi connectivity index (χ1n) is 9.32. The zero-order valence-electron chi connectivity index (χ0n) is 15.3. The Bertz CT molecular complexity index is 677. The smallest absolute Gasteiger partial charge is 0.389 e. The van der Waals surface area contributed by atoms with E-state index in [4.69, 9.17) is 5.73 Å². The second-order valence-corrected chi connectivity index (χ2v) is 6.97. The van der Waals surface area contributed by atoms with Crippen LogP contribution in [0.3, 0.4) is 0 Å². The van der Waals surface area contributed by atoms with Crippen LogP contribution < -0.4 is 5.73 Å². The number of H-pyrrole nitrogens is 1. The van der Waals surface area contributed by atoms with Crippen LogP contribution in [0.1, 0.15) is 62.6 Å². The third-order valence-electron chi connectivity index (χ3n) is 4.42. The van der Waals surface area contributed by atoms with Crippen molar-refractivity contribution in [3.05, 3.63) is 35.7 Å². The van der Waals surface area contributed by atoms with E-state index in [1.165, 1.54) is 5.56 Å². The van der Waals surface area contributed by atoms with E-state index < -0.39 is 12.6 Å². The van der Waals surface area contributed by atoms with E-state index in [-0.39, 0.29) is 6.42 Å². The van der Waals surface area contributed by atoms with Gasteiger partial charge in [-0.15, -0.1) is 0 Å². The molecule has 0 saturated carbocycles. The van der Waals surface area contributed by atoms with Gasteiger partial charge in [-0.2, -0.15) is 13.2 Å². The molecule has 6 heteroatoms. The number of benzene rings is 1. The Morgan fingerprint density at radius 2 is 1.62 bits per heavy atom. The molecule has 2 rings (SSSR count). The van der Waals surface area contributed by atoms with E-state index in [1.807, 2.05) is 19.1 Å². The number of nitrogens with zero attached hydrogens (tertiary/aromatic N) is 1. The third-order valence-corrected chi connectivity index (χ3v) is 4.42. The summed E-state index contributed by atoms with van der Waals surface area (Å²) in [7, 11) is 0. The Morgan fingerprint density at radius 1 is 0.962 bits per heavy atom. The maximum Gasteiger partial charge on any atom is 0.389 e. The summed E-state index contributed by atoms with van der Waals surface area (Å²) in [6.07, 6.45) is 4.11. The molecule has 0 atom stereocenters. The Hall–Kier alpha value is -1.98. The van der Waals surface area contributed by atoms with Gasteiger partial charge in [0.15, 0.2) is 0 Å². The van der Waals surface area contributed by atoms with E-state index in [2.05, 4.69) is 16.0 Å². The maximum absolute atomic E-state index is 12.0. The van der Waals surface area contributed by atoms with Crippen molar-refractivity contribution in [2.24, 2.45) is 0 Å². The minimum Gasteiger partial charge on any atom is -0.399 e. The Morgan fingerprint density at radius 3 is 2.23 bits per heavy atom. The lowest BCUT2D eigenvalue weighted by atomic mass is 10.0. The van der Waals surface area contributed by atoms with Crippen molar-refractivity contribution in [1.29, 1.82) is 0 Å². The first kappa shape index (κ1) is 20.3. The van der Waals surface area contributed by atoms with Crippen molar-refractivity contribution in [3.8, 4) is 11.4 Å². The highest BCUT2D eigenvalue weighted by atomic mass is 19.4. The lowest BCUT2D eigenvalue weighted by Gasteiger charge is -2.07. The zero-order valence-corrected chi connectivity index (χ0v) is 15.3. The molecule has 0 aliphatic carbocycles. The average molecular weight is 367 g/mol. The van der Waals surface area contributed by atoms with E-state index in [9.17, 15) is 13.2 Å². The molecule has 1 aromatic carbocycles. The van der Waals surface area contributed by atoms with E-state index in [0.29, 0.717) is 6.42 Å². The fourth-order valence-corrected chi connectivity index (χ4v) is 3.10. The summed E-state index contributed by atoms with van der Waals surface area (Å²) in [5.74, 6) is 0.829. The second-order valence-electron chi connectivity index (χ2n) is 6.97. The van der Waals surface area contributed by atoms with Crippen molar-refractivity contribution in [2.45, 2.75) is 70.9 Å². The molecule has 1 heterocycles. The maximum atomic E-state index is 12.0. The molecule has 144 valence electrons. The van der Waals surface area contributed by atoms with Gasteiger partial charge in [0, 0.05) is 29.6 Å². The summed E-state index contributed by atoms with van der Waals surface area (Å²) in [5, 5.41) is 0. The standard InChI is InChI=1S/C20H28F3N3/c1-15-14-25-19(26-15)17-11-16(12-18(24)13-17)9-7-5-3-2-4-6-8-10-20(21,22)23/h11-14H,2-10,24H2,1H3,(H,25,26). The van der Waals surface area contributed by atoms with Crippen LogP contribution in [0, 0.1) is 6.92 Å². The van der Waals surface area contributed by atoms with Gasteiger partial charge in [-0.25, -0.2) is 4.98 Å². The molecule has 2 aromatic rings. The number of unbranched alkanes of at least 4 members (excludes halogenated alkanes) is 6. The van der Waals surface area contributed by atoms with Gasteiger partial charge in [0.25, 0.3) is 0 Å². The van der Waals surface area contributed by atoms with Crippen molar-refractivity contribution < 1.29 is 13.2 Å². The largest absolute Gasteiger partial charge is 0.399 e. The molecule has 3 N–H and O–H groups in total. The van der Waals surface area contributed by atoms with E-state index >= 15 is 0 Å². The molecule has 0 radical (unpaired) electrons. The quantitative estimate of drug-likeness (QED) is 0.388. The number of aryl methyl sites for hydroxylation is 2. The number of nitrogens with two attached hydrogens (primary N) is 1. The average Bonchev–Trinajstić information content (AvgIpc) is 2.98. The normalized spacial score (nSPS) is 11.8. The van der Waals surface area contributed by atoms with Gasteiger partial charge < -0.3 is 10.7 Å². The molecule has 0 aliphatic heterocycles. The highest BCUT2D eigenvalue weighted by molar-refractivity contribution is 5.63. The Labute approximate surface area is 153 Å². The van der Waals surface area contributed by atoms with Gasteiger partial charge in [0.2, 0.25) is 0 Å². The van der Waals surface area contributed by atoms with Crippen molar-refractivity contribution >= 4 is 5.69 Å². The summed E-state index contributed by atoms with van der Waals surface area (Å²) < 4.78 is 36.1. The van der Waals surface area contributed by atoms with Gasteiger partial charge in [0.05, 0.1) is 0 Å². The number of rotatable bonds is 10. The topological polar surface area (TPSA) is 54.7 Å². The highest BCUT2D eigenvalue weighted by Gasteiger charge is 2.25. The molecular formula is C20H28F3N3. The van der Waals surface area contributed by atoms with Gasteiger partial charge in [-0.1, -0.05) is 32.1 Å². The van der Waals surface area contributed by atoms with E-state index in [1.54, 1.807) is 6.20 Å². The number of hydrogen-bond acceptors (Lipinski definition) is 2. The molecule has 0 bridgehead atoms. The van der Waals surface area contributed by atoms with Crippen LogP contribution in [-0.4, -0.2) is 16.1 Å². The van der Waals surface area contributed by atoms with Crippen LogP contribution in [0.5, 0.6) is 0 Å². The second kappa shape index (κ2) is 9.64. The fraction of sp³-hybridized carbons (Fsp3) is 0.550. The lowest BCUT2D eigenvalue weighted by Crippen LogP contribution is -2.06. The number of aromatic amines is 1. The molecule has 0 amide bonds. The van der Waals surface area contributed by atoms with Crippen LogP contribution >= 0.6 is 0 Å². The fourth-order valence-electron chi connectivity index (χ4n) is 3.10. The van der Waals surface area contributed by atoms with Crippen molar-refractivity contribution in [1.82, 2.24) is 9.97 Å². The summed E-state index contributed by atoms with van der Waals surface area (Å²) in [5.41, 5.74) is 9.95. The van der Waals surface area contributed by atoms with Crippen molar-refractivity contribution in [3.63, 3.8) is 0 Å². The van der Waals surface area contributed by atoms with Crippen LogP contribution in [0.4, 0.5) is 18.9 Å². The van der Waals surface area contributed by atoms with Gasteiger partial charge in [-0.05, 0) is 49.9 Å². The minimum absolute atomic E-state index is 0.252. The number of imidazole rings is 1. The lowest BCUT2D eigenvalue weighted by molar-refractivity contribution is -0.135. The molecule has 3 nitrogen and oxygen atoms in total. The van der Waals surface area contributed by atoms with Crippen LogP contribution in [0.15, 0.2) is 24.4 Å². The Kier molecular flexibility index (Phi) is 7.54. The number of nitrogen functional groups attached to an aromatic ring is 1. The number of alkyl halides is 3. The molecule has 0 fully saturated rings. The van der Waals surface area contributed by atoms with E-state index in [0.717, 1.165) is 61.3 Å². The number of aromatic nitrogens is 2. The Balaban J connectivity index is 1.66. The third kappa shape index (κ3) is 7.50. The van der Waals surface area contributed by atoms with Crippen LogP contribution in [-0.2, 0) is 6.42 Å². The summed E-state index contributed by atoms with van der Waals surface area (Å²) in [4.78, 5) is 7.57. The molecular weight excluding hydrogens is 339 g/mol. The van der Waals surface area contributed by atoms with Gasteiger partial charge >= 0.3 is 6.18 Å². The van der Waals surface area contributed by atoms with Crippen molar-refractivity contribution in [2.75, 3.05) is 5.73 Å². The van der Waals surface area contributed by atoms with Gasteiger partial charge in [0.1, 0.15) is 5.82 Å². The number of hydrogen-bond donors (Lipinski definition) is 2. The minimum atomic E-state index is -4.01. The number of halogens is 3. The number of anilines is 1. The summed E-state index contributed by atoms with van der Waals surface area (Å²) >= 11 is 0. The SMILES string of the molecule is Cc1cnc(-c2cc(N)cc(CCCCCCCCCC(F)(F)F)c2)[nH]1. The van der Waals surface area contributed by atoms with Crippen LogP contribution in [0.2, 0.25) is 0 Å². The predicted octanol–water partition coefficient (Wildman–Crippen LogP) is 6.19. The molecule has 0 spiro atoms. The summed E-state index contributed by atoms with van der Waals surface area (Å²) in [6.45, 7) is 1.97. The molecule has 0 saturated heterocycles. The highest BCUT2D eigenvalue weighted by Crippen LogP contribution is 2.24. The first-order valence-corrected chi connectivity index (χ1v) is 9.32. The molecule has 0 unspecified atom stereocenters. The molecule has 0 aliphatic rings. The first-order chi connectivity index (χ1) is 12.3. The summed E-state index contributed by atoms with van der Waals surface area (Å²) in [6, 6.07) is 6.03. The molecule has 26 heavy (non-hydrogen) atoms. The monoisotopic (exact) mass is 367 g/mol.